The second-order valence-corrected chi connectivity index (χ2v) is 11.0. The Balaban J connectivity index is 1.32. The minimum atomic E-state index is -3.61. The van der Waals surface area contributed by atoms with Gasteiger partial charge in [0.05, 0.1) is 10.8 Å². The SMILES string of the molecule is O=C(Nc1ccccc1)C1CCCN(C(=O)C2CCN(S(=O)(=O)c3ccc(Cl)cc3)CC2)C1. The van der Waals surface area contributed by atoms with Crippen LogP contribution in [-0.4, -0.2) is 55.6 Å². The average molecular weight is 490 g/mol. The summed E-state index contributed by atoms with van der Waals surface area (Å²) in [6, 6.07) is 15.4. The molecule has 2 aromatic carbocycles. The maximum Gasteiger partial charge on any atom is 0.243 e. The fourth-order valence-electron chi connectivity index (χ4n) is 4.51. The van der Waals surface area contributed by atoms with E-state index in [1.165, 1.54) is 16.4 Å². The first-order valence-electron chi connectivity index (χ1n) is 11.2. The molecule has 2 saturated heterocycles. The number of rotatable bonds is 5. The van der Waals surface area contributed by atoms with Crippen molar-refractivity contribution >= 4 is 39.1 Å². The van der Waals surface area contributed by atoms with Gasteiger partial charge >= 0.3 is 0 Å². The van der Waals surface area contributed by atoms with E-state index in [2.05, 4.69) is 5.32 Å². The van der Waals surface area contributed by atoms with Crippen LogP contribution in [0.3, 0.4) is 0 Å². The highest BCUT2D eigenvalue weighted by Gasteiger charge is 2.36. The number of nitrogens with zero attached hydrogens (tertiary/aromatic N) is 2. The van der Waals surface area contributed by atoms with E-state index >= 15 is 0 Å². The highest BCUT2D eigenvalue weighted by Crippen LogP contribution is 2.28. The summed E-state index contributed by atoms with van der Waals surface area (Å²) < 4.78 is 27.2. The first-order valence-corrected chi connectivity index (χ1v) is 13.1. The molecule has 0 radical (unpaired) electrons. The molecule has 4 rings (SSSR count). The van der Waals surface area contributed by atoms with E-state index in [-0.39, 0.29) is 28.5 Å². The van der Waals surface area contributed by atoms with Crippen molar-refractivity contribution in [3.8, 4) is 0 Å². The molecule has 7 nitrogen and oxygen atoms in total. The summed E-state index contributed by atoms with van der Waals surface area (Å²) in [4.78, 5) is 27.8. The summed E-state index contributed by atoms with van der Waals surface area (Å²) in [5.74, 6) is -0.510. The van der Waals surface area contributed by atoms with E-state index in [9.17, 15) is 18.0 Å². The van der Waals surface area contributed by atoms with Crippen LogP contribution < -0.4 is 5.32 Å². The lowest BCUT2D eigenvalue weighted by Crippen LogP contribution is -2.48. The maximum absolute atomic E-state index is 13.2. The number of piperidine rings is 2. The van der Waals surface area contributed by atoms with Crippen molar-refractivity contribution in [3.05, 3.63) is 59.6 Å². The summed E-state index contributed by atoms with van der Waals surface area (Å²) in [6.45, 7) is 1.64. The van der Waals surface area contributed by atoms with Gasteiger partial charge in [-0.05, 0) is 62.1 Å². The predicted molar refractivity (Wildman–Crippen MR) is 127 cm³/mol. The Bertz CT molecular complexity index is 1080. The van der Waals surface area contributed by atoms with Crippen LogP contribution in [-0.2, 0) is 19.6 Å². The molecule has 1 atom stereocenters. The predicted octanol–water partition coefficient (Wildman–Crippen LogP) is 3.62. The van der Waals surface area contributed by atoms with Gasteiger partial charge in [0.25, 0.3) is 0 Å². The normalized spacial score (nSPS) is 20.4. The molecule has 0 spiro atoms. The molecule has 2 aliphatic heterocycles. The van der Waals surface area contributed by atoms with Crippen molar-refractivity contribution in [2.45, 2.75) is 30.6 Å². The van der Waals surface area contributed by atoms with Crippen molar-refractivity contribution in [2.24, 2.45) is 11.8 Å². The number of amides is 2. The van der Waals surface area contributed by atoms with Gasteiger partial charge in [-0.1, -0.05) is 29.8 Å². The highest BCUT2D eigenvalue weighted by molar-refractivity contribution is 7.89. The number of nitrogens with one attached hydrogen (secondary N) is 1. The van der Waals surface area contributed by atoms with Crippen LogP contribution in [0.25, 0.3) is 0 Å². The quantitative estimate of drug-likeness (QED) is 0.695. The lowest BCUT2D eigenvalue weighted by molar-refractivity contribution is -0.139. The van der Waals surface area contributed by atoms with Crippen molar-refractivity contribution in [3.63, 3.8) is 0 Å². The third kappa shape index (κ3) is 5.57. The van der Waals surface area contributed by atoms with Crippen LogP contribution in [0.2, 0.25) is 5.02 Å². The topological polar surface area (TPSA) is 86.8 Å². The van der Waals surface area contributed by atoms with E-state index < -0.39 is 10.0 Å². The van der Waals surface area contributed by atoms with Crippen LogP contribution in [0.5, 0.6) is 0 Å². The maximum atomic E-state index is 13.2. The number of hydrogen-bond acceptors (Lipinski definition) is 4. The standard InChI is InChI=1S/C24H28ClN3O4S/c25-20-8-10-22(11-9-20)33(31,32)28-15-12-18(13-16-28)24(30)27-14-4-5-19(17-27)23(29)26-21-6-2-1-3-7-21/h1-3,6-11,18-19H,4-5,12-17H2,(H,26,29). The molecule has 33 heavy (non-hydrogen) atoms. The molecular weight excluding hydrogens is 462 g/mol. The Labute approximate surface area is 199 Å². The minimum absolute atomic E-state index is 0.0238. The molecule has 2 aromatic rings. The molecule has 1 unspecified atom stereocenters. The molecule has 0 aromatic heterocycles. The zero-order valence-corrected chi connectivity index (χ0v) is 19.9. The summed E-state index contributed by atoms with van der Waals surface area (Å²) in [6.07, 6.45) is 2.48. The lowest BCUT2D eigenvalue weighted by atomic mass is 9.92. The third-order valence-electron chi connectivity index (χ3n) is 6.40. The van der Waals surface area contributed by atoms with Crippen LogP contribution in [0, 0.1) is 11.8 Å². The van der Waals surface area contributed by atoms with Gasteiger partial charge in [-0.25, -0.2) is 8.42 Å². The molecular formula is C24H28ClN3O4S. The first kappa shape index (κ1) is 23.7. The number of carbonyl (C=O) groups excluding carboxylic acids is 2. The van der Waals surface area contributed by atoms with Crippen molar-refractivity contribution in [2.75, 3.05) is 31.5 Å². The monoisotopic (exact) mass is 489 g/mol. The van der Waals surface area contributed by atoms with Crippen LogP contribution in [0.4, 0.5) is 5.69 Å². The van der Waals surface area contributed by atoms with Crippen LogP contribution in [0.1, 0.15) is 25.7 Å². The van der Waals surface area contributed by atoms with Gasteiger partial charge in [0.15, 0.2) is 0 Å². The number of anilines is 1. The summed E-state index contributed by atoms with van der Waals surface area (Å²) in [5.41, 5.74) is 0.750. The Kier molecular flexibility index (Phi) is 7.36. The summed E-state index contributed by atoms with van der Waals surface area (Å²) in [7, 11) is -3.61. The van der Waals surface area contributed by atoms with Crippen molar-refractivity contribution in [1.29, 1.82) is 0 Å². The van der Waals surface area contributed by atoms with E-state index in [1.807, 2.05) is 30.3 Å². The average Bonchev–Trinajstić information content (AvgIpc) is 2.84. The molecule has 1 N–H and O–H groups in total. The Morgan fingerprint density at radius 1 is 0.879 bits per heavy atom. The van der Waals surface area contributed by atoms with E-state index in [0.717, 1.165) is 18.5 Å². The zero-order valence-electron chi connectivity index (χ0n) is 18.3. The molecule has 2 fully saturated rings. The number of hydrogen-bond donors (Lipinski definition) is 1. The largest absolute Gasteiger partial charge is 0.342 e. The fourth-order valence-corrected chi connectivity index (χ4v) is 6.11. The number of benzene rings is 2. The minimum Gasteiger partial charge on any atom is -0.342 e. The molecule has 0 saturated carbocycles. The molecule has 0 bridgehead atoms. The number of halogens is 1. The smallest absolute Gasteiger partial charge is 0.243 e. The lowest BCUT2D eigenvalue weighted by Gasteiger charge is -2.37. The third-order valence-corrected chi connectivity index (χ3v) is 8.56. The van der Waals surface area contributed by atoms with Gasteiger partial charge in [-0.3, -0.25) is 9.59 Å². The molecule has 0 aliphatic carbocycles. The van der Waals surface area contributed by atoms with Crippen LogP contribution >= 0.6 is 11.6 Å². The number of likely N-dealkylation sites (tertiary alicyclic amines) is 1. The molecule has 2 heterocycles. The Morgan fingerprint density at radius 2 is 1.55 bits per heavy atom. The number of carbonyl (C=O) groups is 2. The van der Waals surface area contributed by atoms with Gasteiger partial charge in [0, 0.05) is 42.8 Å². The second-order valence-electron chi connectivity index (χ2n) is 8.61. The fraction of sp³-hybridized carbons (Fsp3) is 0.417. The first-order chi connectivity index (χ1) is 15.8. The molecule has 9 heteroatoms. The molecule has 2 amide bonds. The van der Waals surface area contributed by atoms with E-state index in [0.29, 0.717) is 44.0 Å². The number of sulfonamides is 1. The molecule has 176 valence electrons. The van der Waals surface area contributed by atoms with Gasteiger partial charge in [-0.15, -0.1) is 0 Å². The Morgan fingerprint density at radius 3 is 2.21 bits per heavy atom. The van der Waals surface area contributed by atoms with Gasteiger partial charge < -0.3 is 10.2 Å². The van der Waals surface area contributed by atoms with Gasteiger partial charge in [-0.2, -0.15) is 4.31 Å². The molecule has 2 aliphatic rings. The highest BCUT2D eigenvalue weighted by atomic mass is 35.5. The summed E-state index contributed by atoms with van der Waals surface area (Å²) in [5, 5.41) is 3.42. The van der Waals surface area contributed by atoms with E-state index in [4.69, 9.17) is 11.6 Å². The zero-order chi connectivity index (χ0) is 23.4. The summed E-state index contributed by atoms with van der Waals surface area (Å²) >= 11 is 5.87. The van der Waals surface area contributed by atoms with Gasteiger partial charge in [0.1, 0.15) is 0 Å². The van der Waals surface area contributed by atoms with Crippen LogP contribution in [0.15, 0.2) is 59.5 Å². The van der Waals surface area contributed by atoms with Gasteiger partial charge in [0.2, 0.25) is 21.8 Å². The van der Waals surface area contributed by atoms with Crippen molar-refractivity contribution < 1.29 is 18.0 Å². The Hall–Kier alpha value is -2.42. The van der Waals surface area contributed by atoms with Crippen molar-refractivity contribution in [1.82, 2.24) is 9.21 Å². The number of para-hydroxylation sites is 1. The van der Waals surface area contributed by atoms with E-state index in [1.54, 1.807) is 17.0 Å². The second kappa shape index (κ2) is 10.2.